The number of hydrogen-bond donors (Lipinski definition) is 0. The first-order valence-corrected chi connectivity index (χ1v) is 11.5. The first-order chi connectivity index (χ1) is 15.4. The zero-order valence-electron chi connectivity index (χ0n) is 18.8. The molecule has 6 nitrogen and oxygen atoms in total. The van der Waals surface area contributed by atoms with Crippen LogP contribution in [0.25, 0.3) is 6.08 Å². The van der Waals surface area contributed by atoms with Gasteiger partial charge in [-0.05, 0) is 74.9 Å². The number of esters is 1. The molecule has 0 radical (unpaired) electrons. The van der Waals surface area contributed by atoms with E-state index in [1.54, 1.807) is 24.0 Å². The lowest BCUT2D eigenvalue weighted by Crippen LogP contribution is -2.36. The Kier molecular flexibility index (Phi) is 8.11. The highest BCUT2D eigenvalue weighted by Crippen LogP contribution is 2.36. The van der Waals surface area contributed by atoms with E-state index in [0.29, 0.717) is 22.4 Å². The molecule has 0 saturated carbocycles. The average Bonchev–Trinajstić information content (AvgIpc) is 3.09. The first-order valence-electron chi connectivity index (χ1n) is 10.7. The normalized spacial score (nSPS) is 17.1. The molecular weight excluding hydrogens is 424 g/mol. The van der Waals surface area contributed by atoms with Gasteiger partial charge >= 0.3 is 5.97 Å². The number of carbonyl (C=O) groups excluding carboxylic acids is 2. The lowest BCUT2D eigenvalue weighted by molar-refractivity contribution is -0.145. The van der Waals surface area contributed by atoms with E-state index in [2.05, 4.69) is 6.92 Å². The Morgan fingerprint density at radius 3 is 2.44 bits per heavy atom. The van der Waals surface area contributed by atoms with Crippen molar-refractivity contribution in [2.45, 2.75) is 40.2 Å². The van der Waals surface area contributed by atoms with Crippen LogP contribution in [0.2, 0.25) is 0 Å². The molecule has 7 heteroatoms. The van der Waals surface area contributed by atoms with Crippen molar-refractivity contribution in [1.29, 1.82) is 0 Å². The number of ether oxygens (including phenoxy) is 2. The second-order valence-corrected chi connectivity index (χ2v) is 8.44. The minimum atomic E-state index is -0.405. The van der Waals surface area contributed by atoms with Crippen LogP contribution >= 0.6 is 11.8 Å². The lowest BCUT2D eigenvalue weighted by atomic mass is 10.2. The Hall–Kier alpha value is -3.06. The highest BCUT2D eigenvalue weighted by Gasteiger charge is 2.36. The van der Waals surface area contributed by atoms with Crippen molar-refractivity contribution >= 4 is 40.6 Å². The number of rotatable bonds is 8. The summed E-state index contributed by atoms with van der Waals surface area (Å²) in [5, 5.41) is 0.689. The summed E-state index contributed by atoms with van der Waals surface area (Å²) in [5.74, 6) is 0.114. The van der Waals surface area contributed by atoms with E-state index in [0.717, 1.165) is 23.2 Å². The van der Waals surface area contributed by atoms with Gasteiger partial charge in [0.05, 0.1) is 17.2 Å². The van der Waals surface area contributed by atoms with Gasteiger partial charge in [0, 0.05) is 6.04 Å². The third kappa shape index (κ3) is 6.01. The van der Waals surface area contributed by atoms with Crippen molar-refractivity contribution < 1.29 is 19.1 Å². The van der Waals surface area contributed by atoms with Gasteiger partial charge in [-0.1, -0.05) is 36.8 Å². The third-order valence-corrected chi connectivity index (χ3v) is 5.95. The van der Waals surface area contributed by atoms with Gasteiger partial charge in [0.2, 0.25) is 0 Å². The molecule has 1 saturated heterocycles. The van der Waals surface area contributed by atoms with Crippen molar-refractivity contribution in [2.24, 2.45) is 4.99 Å². The second-order valence-electron chi connectivity index (χ2n) is 7.44. The summed E-state index contributed by atoms with van der Waals surface area (Å²) in [7, 11) is 0. The fourth-order valence-electron chi connectivity index (χ4n) is 3.02. The van der Waals surface area contributed by atoms with Crippen LogP contribution in [0.1, 0.15) is 38.3 Å². The van der Waals surface area contributed by atoms with Gasteiger partial charge in [0.1, 0.15) is 5.75 Å². The van der Waals surface area contributed by atoms with Crippen LogP contribution in [-0.2, 0) is 14.3 Å². The van der Waals surface area contributed by atoms with Gasteiger partial charge in [-0.25, -0.2) is 9.79 Å². The minimum absolute atomic E-state index is 0.0437. The van der Waals surface area contributed by atoms with Crippen LogP contribution in [0.15, 0.2) is 58.4 Å². The largest absolute Gasteiger partial charge is 0.482 e. The smallest absolute Gasteiger partial charge is 0.344 e. The molecule has 1 aliphatic heterocycles. The molecular formula is C25H28N2O4S. The van der Waals surface area contributed by atoms with E-state index in [4.69, 9.17) is 14.5 Å². The van der Waals surface area contributed by atoms with Gasteiger partial charge < -0.3 is 9.47 Å². The zero-order chi connectivity index (χ0) is 23.1. The molecule has 0 bridgehead atoms. The summed E-state index contributed by atoms with van der Waals surface area (Å²) in [6.45, 7) is 8.06. The van der Waals surface area contributed by atoms with E-state index >= 15 is 0 Å². The van der Waals surface area contributed by atoms with Crippen molar-refractivity contribution in [3.8, 4) is 5.75 Å². The van der Waals surface area contributed by atoms with Crippen molar-refractivity contribution in [3.05, 3.63) is 64.6 Å². The summed E-state index contributed by atoms with van der Waals surface area (Å²) >= 11 is 1.38. The molecule has 32 heavy (non-hydrogen) atoms. The number of benzene rings is 2. The number of carbonyl (C=O) groups is 2. The molecule has 0 unspecified atom stereocenters. The van der Waals surface area contributed by atoms with E-state index in [9.17, 15) is 9.59 Å². The quantitative estimate of drug-likeness (QED) is 0.399. The molecule has 168 valence electrons. The van der Waals surface area contributed by atoms with Crippen LogP contribution in [-0.4, -0.2) is 41.2 Å². The van der Waals surface area contributed by atoms with Crippen LogP contribution in [0.3, 0.4) is 0 Å². The number of hydrogen-bond acceptors (Lipinski definition) is 6. The van der Waals surface area contributed by atoms with E-state index in [1.165, 1.54) is 11.8 Å². The summed E-state index contributed by atoms with van der Waals surface area (Å²) < 4.78 is 10.3. The molecule has 1 fully saturated rings. The number of thioether (sulfide) groups is 1. The van der Waals surface area contributed by atoms with Crippen molar-refractivity contribution in [3.63, 3.8) is 0 Å². The highest BCUT2D eigenvalue weighted by molar-refractivity contribution is 8.18. The number of amidine groups is 1. The molecule has 0 aliphatic carbocycles. The molecule has 2 aromatic carbocycles. The minimum Gasteiger partial charge on any atom is -0.482 e. The van der Waals surface area contributed by atoms with Crippen LogP contribution in [0.4, 0.5) is 5.69 Å². The molecule has 0 N–H and O–H groups in total. The second kappa shape index (κ2) is 11.0. The van der Waals surface area contributed by atoms with Crippen molar-refractivity contribution in [2.75, 3.05) is 13.2 Å². The summed E-state index contributed by atoms with van der Waals surface area (Å²) in [6, 6.07) is 15.2. The predicted octanol–water partition coefficient (Wildman–Crippen LogP) is 5.34. The number of aryl methyl sites for hydroxylation is 1. The maximum atomic E-state index is 13.2. The average molecular weight is 453 g/mol. The zero-order valence-corrected chi connectivity index (χ0v) is 19.6. The standard InChI is InChI=1S/C25H28N2O4S/c1-5-18(4)27-24(29)22(32-25(27)26-20-11-7-17(3)8-12-20)15-19-9-13-21(14-10-19)31-16-23(28)30-6-2/h7-15,18H,5-6,16H2,1-4H3/b22-15+,26-25?/t18-/m1/s1. The predicted molar refractivity (Wildman–Crippen MR) is 129 cm³/mol. The maximum absolute atomic E-state index is 13.2. The Labute approximate surface area is 193 Å². The van der Waals surface area contributed by atoms with Crippen LogP contribution in [0, 0.1) is 6.92 Å². The van der Waals surface area contributed by atoms with E-state index in [1.807, 2.05) is 56.3 Å². The molecule has 0 aromatic heterocycles. The van der Waals surface area contributed by atoms with Crippen molar-refractivity contribution in [1.82, 2.24) is 4.90 Å². The summed E-state index contributed by atoms with van der Waals surface area (Å²) in [6.07, 6.45) is 2.69. The number of amides is 1. The van der Waals surface area contributed by atoms with Gasteiger partial charge in [-0.15, -0.1) is 0 Å². The molecule has 1 aliphatic rings. The van der Waals surface area contributed by atoms with E-state index < -0.39 is 5.97 Å². The Morgan fingerprint density at radius 2 is 1.81 bits per heavy atom. The molecule has 1 amide bonds. The van der Waals surface area contributed by atoms with Gasteiger partial charge in [0.15, 0.2) is 11.8 Å². The maximum Gasteiger partial charge on any atom is 0.344 e. The Balaban J connectivity index is 1.79. The Bertz CT molecular complexity index is 1010. The van der Waals surface area contributed by atoms with Gasteiger partial charge in [0.25, 0.3) is 5.91 Å². The molecule has 0 spiro atoms. The van der Waals surface area contributed by atoms with Crippen LogP contribution in [0.5, 0.6) is 5.75 Å². The SMILES string of the molecule is CCOC(=O)COc1ccc(/C=C2/SC(=Nc3ccc(C)cc3)N([C@H](C)CC)C2=O)cc1. The molecule has 3 rings (SSSR count). The molecule has 2 aromatic rings. The first kappa shape index (κ1) is 23.6. The summed E-state index contributed by atoms with van der Waals surface area (Å²) in [5.41, 5.74) is 2.85. The third-order valence-electron chi connectivity index (χ3n) is 4.97. The fraction of sp³-hybridized carbons (Fsp3) is 0.320. The molecule has 1 atom stereocenters. The van der Waals surface area contributed by atoms with Gasteiger partial charge in [-0.3, -0.25) is 9.69 Å². The van der Waals surface area contributed by atoms with Crippen LogP contribution < -0.4 is 4.74 Å². The monoisotopic (exact) mass is 452 g/mol. The molecule has 1 heterocycles. The van der Waals surface area contributed by atoms with Gasteiger partial charge in [-0.2, -0.15) is 0 Å². The highest BCUT2D eigenvalue weighted by atomic mass is 32.2. The lowest BCUT2D eigenvalue weighted by Gasteiger charge is -2.22. The summed E-state index contributed by atoms with van der Waals surface area (Å²) in [4.78, 5) is 31.7. The topological polar surface area (TPSA) is 68.2 Å². The fourth-order valence-corrected chi connectivity index (χ4v) is 4.11. The number of nitrogens with zero attached hydrogens (tertiary/aromatic N) is 2. The number of aliphatic imine (C=N–C) groups is 1. The van der Waals surface area contributed by atoms with E-state index in [-0.39, 0.29) is 18.6 Å². The Morgan fingerprint density at radius 1 is 1.12 bits per heavy atom.